The summed E-state index contributed by atoms with van der Waals surface area (Å²) in [5, 5.41) is 10.4. The molecule has 2 N–H and O–H groups in total. The largest absolute Gasteiger partial charge is 0.385 e. The highest BCUT2D eigenvalue weighted by atomic mass is 35.5. The van der Waals surface area contributed by atoms with Crippen molar-refractivity contribution in [3.8, 4) is 0 Å². The molecule has 1 heterocycles. The van der Waals surface area contributed by atoms with Gasteiger partial charge in [-0.3, -0.25) is 4.98 Å². The summed E-state index contributed by atoms with van der Waals surface area (Å²) < 4.78 is 26.8. The number of halogens is 1. The average Bonchev–Trinajstić information content (AvgIpc) is 2.45. The quantitative estimate of drug-likeness (QED) is 0.881. The summed E-state index contributed by atoms with van der Waals surface area (Å²) >= 11 is 5.81. The predicted molar refractivity (Wildman–Crippen MR) is 80.6 cm³/mol. The van der Waals surface area contributed by atoms with E-state index >= 15 is 0 Å². The number of sulfonamides is 1. The predicted octanol–water partition coefficient (Wildman–Crippen LogP) is 2.06. The Bertz CT molecular complexity index is 720. The number of aromatic nitrogens is 1. The maximum Gasteiger partial charge on any atom is 0.240 e. The van der Waals surface area contributed by atoms with Crippen LogP contribution in [0.15, 0.2) is 47.5 Å². The molecule has 0 radical (unpaired) electrons. The molecular weight excluding hydrogens is 312 g/mol. The first-order chi connectivity index (χ1) is 9.90. The summed E-state index contributed by atoms with van der Waals surface area (Å²) in [6.45, 7) is 1.51. The van der Waals surface area contributed by atoms with E-state index in [4.69, 9.17) is 11.6 Å². The molecule has 2 aromatic rings. The van der Waals surface area contributed by atoms with E-state index in [2.05, 4.69) is 9.71 Å². The molecule has 0 spiro atoms. The van der Waals surface area contributed by atoms with Gasteiger partial charge in [0.05, 0.1) is 10.6 Å². The molecule has 1 aromatic carbocycles. The van der Waals surface area contributed by atoms with Gasteiger partial charge in [-0.1, -0.05) is 17.7 Å². The Morgan fingerprint density at radius 2 is 2.10 bits per heavy atom. The van der Waals surface area contributed by atoms with E-state index in [0.29, 0.717) is 16.3 Å². The second kappa shape index (κ2) is 6.53. The zero-order valence-corrected chi connectivity index (χ0v) is 12.9. The molecular formula is C14H15ClN2O3S. The van der Waals surface area contributed by atoms with Gasteiger partial charge >= 0.3 is 0 Å². The number of aliphatic hydroxyl groups excluding tert-OH is 1. The van der Waals surface area contributed by atoms with Gasteiger partial charge in [0, 0.05) is 17.8 Å². The van der Waals surface area contributed by atoms with Crippen molar-refractivity contribution in [2.24, 2.45) is 0 Å². The van der Waals surface area contributed by atoms with Crippen LogP contribution in [0.25, 0.3) is 0 Å². The molecule has 0 fully saturated rings. The number of rotatable bonds is 5. The number of hydrogen-bond donors (Lipinski definition) is 2. The first-order valence-corrected chi connectivity index (χ1v) is 8.11. The number of nitrogens with zero attached hydrogens (tertiary/aromatic N) is 1. The van der Waals surface area contributed by atoms with Crippen LogP contribution in [0.4, 0.5) is 0 Å². The van der Waals surface area contributed by atoms with Crippen molar-refractivity contribution >= 4 is 21.6 Å². The van der Waals surface area contributed by atoms with E-state index in [1.54, 1.807) is 31.2 Å². The lowest BCUT2D eigenvalue weighted by molar-refractivity contribution is 0.177. The average molecular weight is 327 g/mol. The lowest BCUT2D eigenvalue weighted by atomic mass is 10.2. The number of hydrogen-bond acceptors (Lipinski definition) is 4. The Morgan fingerprint density at radius 1 is 1.33 bits per heavy atom. The molecule has 0 amide bonds. The first-order valence-electron chi connectivity index (χ1n) is 6.25. The van der Waals surface area contributed by atoms with Crippen molar-refractivity contribution in [1.82, 2.24) is 9.71 Å². The second-order valence-electron chi connectivity index (χ2n) is 4.53. The highest BCUT2D eigenvalue weighted by Crippen LogP contribution is 2.20. The molecule has 2 rings (SSSR count). The molecule has 0 aliphatic rings. The molecule has 1 atom stereocenters. The van der Waals surface area contributed by atoms with Crippen molar-refractivity contribution in [2.75, 3.05) is 6.54 Å². The standard InChI is InChI=1S/C14H15ClN2O3S/c1-10-8-11(15)5-6-14(10)21(19,20)17-9-13(18)12-4-2-3-7-16-12/h2-8,13,17-18H,9H2,1H3. The fourth-order valence-electron chi connectivity index (χ4n) is 1.86. The molecule has 21 heavy (non-hydrogen) atoms. The topological polar surface area (TPSA) is 79.3 Å². The summed E-state index contributed by atoms with van der Waals surface area (Å²) in [5.41, 5.74) is 0.954. The van der Waals surface area contributed by atoms with E-state index in [1.165, 1.54) is 18.3 Å². The summed E-state index contributed by atoms with van der Waals surface area (Å²) in [5.74, 6) is 0. The van der Waals surface area contributed by atoms with Crippen molar-refractivity contribution in [1.29, 1.82) is 0 Å². The van der Waals surface area contributed by atoms with Gasteiger partial charge in [0.15, 0.2) is 0 Å². The van der Waals surface area contributed by atoms with Crippen LogP contribution in [-0.2, 0) is 10.0 Å². The van der Waals surface area contributed by atoms with Crippen LogP contribution < -0.4 is 4.72 Å². The highest BCUT2D eigenvalue weighted by Gasteiger charge is 2.19. The molecule has 1 unspecified atom stereocenters. The maximum absolute atomic E-state index is 12.2. The van der Waals surface area contributed by atoms with Crippen LogP contribution in [0.1, 0.15) is 17.4 Å². The SMILES string of the molecule is Cc1cc(Cl)ccc1S(=O)(=O)NCC(O)c1ccccn1. The number of pyridine rings is 1. The monoisotopic (exact) mass is 326 g/mol. The zero-order valence-electron chi connectivity index (χ0n) is 11.3. The van der Waals surface area contributed by atoms with Crippen LogP contribution in [0.5, 0.6) is 0 Å². The van der Waals surface area contributed by atoms with Crippen LogP contribution in [0, 0.1) is 6.92 Å². The summed E-state index contributed by atoms with van der Waals surface area (Å²) in [6.07, 6.45) is 0.532. The van der Waals surface area contributed by atoms with Crippen molar-refractivity contribution < 1.29 is 13.5 Å². The molecule has 7 heteroatoms. The molecule has 112 valence electrons. The Morgan fingerprint density at radius 3 is 2.71 bits per heavy atom. The smallest absolute Gasteiger partial charge is 0.240 e. The van der Waals surface area contributed by atoms with Gasteiger partial charge < -0.3 is 5.11 Å². The third-order valence-corrected chi connectivity index (χ3v) is 4.74. The minimum Gasteiger partial charge on any atom is -0.385 e. The molecule has 0 aliphatic carbocycles. The molecule has 0 bridgehead atoms. The third-order valence-electron chi connectivity index (χ3n) is 2.92. The fraction of sp³-hybridized carbons (Fsp3) is 0.214. The Balaban J connectivity index is 2.11. The number of aryl methyl sites for hydroxylation is 1. The molecule has 0 saturated heterocycles. The second-order valence-corrected chi connectivity index (χ2v) is 6.70. The molecule has 0 saturated carbocycles. The highest BCUT2D eigenvalue weighted by molar-refractivity contribution is 7.89. The summed E-state index contributed by atoms with van der Waals surface area (Å²) in [6, 6.07) is 9.60. The summed E-state index contributed by atoms with van der Waals surface area (Å²) in [4.78, 5) is 4.12. The van der Waals surface area contributed by atoms with Gasteiger partial charge in [0.25, 0.3) is 0 Å². The van der Waals surface area contributed by atoms with E-state index < -0.39 is 16.1 Å². The fourth-order valence-corrected chi connectivity index (χ4v) is 3.35. The summed E-state index contributed by atoms with van der Waals surface area (Å²) in [7, 11) is -3.71. The normalized spacial score (nSPS) is 13.1. The number of nitrogens with one attached hydrogen (secondary N) is 1. The van der Waals surface area contributed by atoms with Gasteiger partial charge in [0.2, 0.25) is 10.0 Å². The van der Waals surface area contributed by atoms with Crippen LogP contribution in [-0.4, -0.2) is 25.1 Å². The van der Waals surface area contributed by atoms with Crippen LogP contribution in [0.2, 0.25) is 5.02 Å². The number of aliphatic hydroxyl groups is 1. The lowest BCUT2D eigenvalue weighted by Gasteiger charge is -2.13. The molecule has 0 aliphatic heterocycles. The van der Waals surface area contributed by atoms with E-state index in [0.717, 1.165) is 0 Å². The third kappa shape index (κ3) is 4.01. The van der Waals surface area contributed by atoms with E-state index in [9.17, 15) is 13.5 Å². The Kier molecular flexibility index (Phi) is 4.95. The van der Waals surface area contributed by atoms with Crippen molar-refractivity contribution in [3.63, 3.8) is 0 Å². The molecule has 1 aromatic heterocycles. The molecule has 5 nitrogen and oxygen atoms in total. The van der Waals surface area contributed by atoms with Gasteiger partial charge in [0.1, 0.15) is 6.10 Å². The Labute approximate surface area is 128 Å². The van der Waals surface area contributed by atoms with Crippen molar-refractivity contribution in [2.45, 2.75) is 17.9 Å². The van der Waals surface area contributed by atoms with Gasteiger partial charge in [-0.15, -0.1) is 0 Å². The van der Waals surface area contributed by atoms with E-state index in [1.807, 2.05) is 0 Å². The van der Waals surface area contributed by atoms with Gasteiger partial charge in [-0.2, -0.15) is 0 Å². The van der Waals surface area contributed by atoms with Gasteiger partial charge in [-0.25, -0.2) is 13.1 Å². The minimum atomic E-state index is -3.71. The minimum absolute atomic E-state index is 0.139. The van der Waals surface area contributed by atoms with Crippen molar-refractivity contribution in [3.05, 3.63) is 58.9 Å². The van der Waals surface area contributed by atoms with E-state index in [-0.39, 0.29) is 11.4 Å². The number of benzene rings is 1. The van der Waals surface area contributed by atoms with Crippen LogP contribution in [0.3, 0.4) is 0 Å². The van der Waals surface area contributed by atoms with Gasteiger partial charge in [-0.05, 0) is 42.8 Å². The maximum atomic E-state index is 12.2. The van der Waals surface area contributed by atoms with Crippen LogP contribution >= 0.6 is 11.6 Å². The Hall–Kier alpha value is -1.47. The first kappa shape index (κ1) is 15.9. The zero-order chi connectivity index (χ0) is 15.5. The lowest BCUT2D eigenvalue weighted by Crippen LogP contribution is -2.29.